The quantitative estimate of drug-likeness (QED) is 0.891. The summed E-state index contributed by atoms with van der Waals surface area (Å²) < 4.78 is 42.8. The molecule has 0 saturated carbocycles. The van der Waals surface area contributed by atoms with E-state index in [2.05, 4.69) is 0 Å². The van der Waals surface area contributed by atoms with E-state index in [1.807, 2.05) is 0 Å². The minimum absolute atomic E-state index is 0.0910. The Hall–Kier alpha value is -1.72. The maximum Gasteiger partial charge on any atom is 0.419 e. The number of carboxylic acids is 1. The van der Waals surface area contributed by atoms with Gasteiger partial charge in [0.1, 0.15) is 5.75 Å². The Morgan fingerprint density at radius 1 is 1.41 bits per heavy atom. The zero-order valence-electron chi connectivity index (χ0n) is 9.04. The van der Waals surface area contributed by atoms with E-state index < -0.39 is 24.1 Å². The molecule has 0 radical (unpaired) electrons. The summed E-state index contributed by atoms with van der Waals surface area (Å²) in [6.07, 6.45) is -5.01. The number of halogens is 3. The van der Waals surface area contributed by atoms with Crippen LogP contribution in [0.2, 0.25) is 0 Å². The maximum absolute atomic E-state index is 12.7. The molecular formula is C11H11F3O3. The fraction of sp³-hybridized carbons (Fsp3) is 0.364. The number of hydrogen-bond donors (Lipinski definition) is 1. The van der Waals surface area contributed by atoms with Gasteiger partial charge in [-0.15, -0.1) is 0 Å². The highest BCUT2D eigenvalue weighted by atomic mass is 19.4. The van der Waals surface area contributed by atoms with Crippen molar-refractivity contribution in [3.63, 3.8) is 0 Å². The van der Waals surface area contributed by atoms with Gasteiger partial charge in [0.2, 0.25) is 0 Å². The average molecular weight is 248 g/mol. The molecule has 94 valence electrons. The molecule has 0 aliphatic rings. The van der Waals surface area contributed by atoms with Gasteiger partial charge in [-0.1, -0.05) is 6.07 Å². The number of alkyl halides is 3. The normalized spacial score (nSPS) is 11.3. The van der Waals surface area contributed by atoms with E-state index in [0.717, 1.165) is 12.1 Å². The minimum Gasteiger partial charge on any atom is -0.493 e. The lowest BCUT2D eigenvalue weighted by molar-refractivity contribution is -0.139. The number of carbonyl (C=O) groups is 1. The summed E-state index contributed by atoms with van der Waals surface area (Å²) in [6, 6.07) is 3.26. The summed E-state index contributed by atoms with van der Waals surface area (Å²) in [5.74, 6) is -1.46. The van der Waals surface area contributed by atoms with Crippen LogP contribution in [0.25, 0.3) is 0 Å². The van der Waals surface area contributed by atoms with Crippen LogP contribution in [-0.2, 0) is 17.4 Å². The van der Waals surface area contributed by atoms with E-state index in [9.17, 15) is 18.0 Å². The molecule has 1 N–H and O–H groups in total. The van der Waals surface area contributed by atoms with Crippen molar-refractivity contribution in [2.24, 2.45) is 0 Å². The van der Waals surface area contributed by atoms with Gasteiger partial charge in [0, 0.05) is 0 Å². The van der Waals surface area contributed by atoms with Gasteiger partial charge in [0.25, 0.3) is 0 Å². The molecular weight excluding hydrogens is 237 g/mol. The summed E-state index contributed by atoms with van der Waals surface area (Å²) in [7, 11) is 0. The Balaban J connectivity index is 3.14. The molecule has 6 heteroatoms. The standard InChI is InChI=1S/C11H11F3O3/c1-2-17-9-4-3-7(6-10(15)16)5-8(9)11(12,13)14/h3-5H,2,6H2,1H3,(H,15,16). The number of ether oxygens (including phenoxy) is 1. The number of aliphatic carboxylic acids is 1. The van der Waals surface area contributed by atoms with Gasteiger partial charge >= 0.3 is 12.1 Å². The van der Waals surface area contributed by atoms with Gasteiger partial charge in [-0.25, -0.2) is 0 Å². The molecule has 0 aliphatic heterocycles. The first kappa shape index (κ1) is 13.3. The van der Waals surface area contributed by atoms with Crippen LogP contribution in [0.4, 0.5) is 13.2 Å². The average Bonchev–Trinajstić information content (AvgIpc) is 2.18. The fourth-order valence-electron chi connectivity index (χ4n) is 1.36. The van der Waals surface area contributed by atoms with Gasteiger partial charge in [0.05, 0.1) is 18.6 Å². The van der Waals surface area contributed by atoms with Crippen molar-refractivity contribution in [3.05, 3.63) is 29.3 Å². The highest BCUT2D eigenvalue weighted by molar-refractivity contribution is 5.70. The maximum atomic E-state index is 12.7. The van der Waals surface area contributed by atoms with Crippen molar-refractivity contribution in [1.82, 2.24) is 0 Å². The minimum atomic E-state index is -4.56. The van der Waals surface area contributed by atoms with E-state index in [1.54, 1.807) is 6.92 Å². The van der Waals surface area contributed by atoms with Crippen LogP contribution in [0, 0.1) is 0 Å². The lowest BCUT2D eigenvalue weighted by atomic mass is 10.1. The fourth-order valence-corrected chi connectivity index (χ4v) is 1.36. The number of carboxylic acid groups (broad SMARTS) is 1. The zero-order chi connectivity index (χ0) is 13.1. The molecule has 1 rings (SSSR count). The van der Waals surface area contributed by atoms with Crippen LogP contribution in [0.15, 0.2) is 18.2 Å². The molecule has 1 aromatic rings. The second-order valence-corrected chi connectivity index (χ2v) is 3.33. The molecule has 0 bridgehead atoms. The predicted molar refractivity (Wildman–Crippen MR) is 54.0 cm³/mol. The summed E-state index contributed by atoms with van der Waals surface area (Å²) in [5.41, 5.74) is -0.855. The van der Waals surface area contributed by atoms with E-state index in [0.29, 0.717) is 0 Å². The Bertz CT molecular complexity index is 413. The third kappa shape index (κ3) is 3.65. The van der Waals surface area contributed by atoms with E-state index in [1.165, 1.54) is 6.07 Å². The molecule has 0 aromatic heterocycles. The van der Waals surface area contributed by atoms with E-state index in [-0.39, 0.29) is 17.9 Å². The Labute approximate surface area is 95.8 Å². The summed E-state index contributed by atoms with van der Waals surface area (Å²) in [6.45, 7) is 1.69. The van der Waals surface area contributed by atoms with Crippen LogP contribution in [0.1, 0.15) is 18.1 Å². The lowest BCUT2D eigenvalue weighted by Gasteiger charge is -2.14. The molecule has 0 spiro atoms. The van der Waals surface area contributed by atoms with Crippen LogP contribution < -0.4 is 4.74 Å². The summed E-state index contributed by atoms with van der Waals surface area (Å²) in [4.78, 5) is 10.4. The molecule has 0 heterocycles. The topological polar surface area (TPSA) is 46.5 Å². The molecule has 17 heavy (non-hydrogen) atoms. The molecule has 0 saturated heterocycles. The highest BCUT2D eigenvalue weighted by Crippen LogP contribution is 2.36. The smallest absolute Gasteiger partial charge is 0.419 e. The second-order valence-electron chi connectivity index (χ2n) is 3.33. The predicted octanol–water partition coefficient (Wildman–Crippen LogP) is 2.73. The third-order valence-corrected chi connectivity index (χ3v) is 2.00. The second kappa shape index (κ2) is 5.07. The van der Waals surface area contributed by atoms with E-state index >= 15 is 0 Å². The molecule has 0 unspecified atom stereocenters. The first-order valence-electron chi connectivity index (χ1n) is 4.89. The van der Waals surface area contributed by atoms with Crippen molar-refractivity contribution in [2.45, 2.75) is 19.5 Å². The largest absolute Gasteiger partial charge is 0.493 e. The van der Waals surface area contributed by atoms with Crippen molar-refractivity contribution < 1.29 is 27.8 Å². The summed E-state index contributed by atoms with van der Waals surface area (Å²) in [5, 5.41) is 8.52. The van der Waals surface area contributed by atoms with Gasteiger partial charge in [-0.3, -0.25) is 4.79 Å². The van der Waals surface area contributed by atoms with Crippen molar-refractivity contribution >= 4 is 5.97 Å². The van der Waals surface area contributed by atoms with Crippen molar-refractivity contribution in [1.29, 1.82) is 0 Å². The van der Waals surface area contributed by atoms with Gasteiger partial charge in [-0.2, -0.15) is 13.2 Å². The first-order chi connectivity index (χ1) is 7.84. The Kier molecular flexibility index (Phi) is 3.98. The van der Waals surface area contributed by atoms with Crippen molar-refractivity contribution in [3.8, 4) is 5.75 Å². The van der Waals surface area contributed by atoms with Gasteiger partial charge < -0.3 is 9.84 Å². The molecule has 0 amide bonds. The first-order valence-corrected chi connectivity index (χ1v) is 4.89. The van der Waals surface area contributed by atoms with Crippen LogP contribution >= 0.6 is 0 Å². The highest BCUT2D eigenvalue weighted by Gasteiger charge is 2.34. The number of benzene rings is 1. The molecule has 1 aromatic carbocycles. The van der Waals surface area contributed by atoms with Crippen LogP contribution in [0.3, 0.4) is 0 Å². The van der Waals surface area contributed by atoms with E-state index in [4.69, 9.17) is 9.84 Å². The molecule has 0 aliphatic carbocycles. The monoisotopic (exact) mass is 248 g/mol. The molecule has 0 fully saturated rings. The molecule has 3 nitrogen and oxygen atoms in total. The molecule has 0 atom stereocenters. The number of hydrogen-bond acceptors (Lipinski definition) is 2. The van der Waals surface area contributed by atoms with Crippen molar-refractivity contribution in [2.75, 3.05) is 6.61 Å². The van der Waals surface area contributed by atoms with Gasteiger partial charge in [0.15, 0.2) is 0 Å². The SMILES string of the molecule is CCOc1ccc(CC(=O)O)cc1C(F)(F)F. The number of rotatable bonds is 4. The van der Waals surface area contributed by atoms with Gasteiger partial charge in [-0.05, 0) is 24.6 Å². The van der Waals surface area contributed by atoms with Crippen LogP contribution in [0.5, 0.6) is 5.75 Å². The Morgan fingerprint density at radius 3 is 2.53 bits per heavy atom. The Morgan fingerprint density at radius 2 is 2.06 bits per heavy atom. The third-order valence-electron chi connectivity index (χ3n) is 2.00. The zero-order valence-corrected chi connectivity index (χ0v) is 9.04. The summed E-state index contributed by atoms with van der Waals surface area (Å²) >= 11 is 0. The van der Waals surface area contributed by atoms with Crippen LogP contribution in [-0.4, -0.2) is 17.7 Å². The lowest BCUT2D eigenvalue weighted by Crippen LogP contribution is -2.10.